The van der Waals surface area contributed by atoms with Crippen molar-refractivity contribution in [3.8, 4) is 5.75 Å². The van der Waals surface area contributed by atoms with Crippen LogP contribution in [0.3, 0.4) is 0 Å². The molecule has 5 nitrogen and oxygen atoms in total. The van der Waals surface area contributed by atoms with Crippen LogP contribution < -0.4 is 15.4 Å². The van der Waals surface area contributed by atoms with Gasteiger partial charge >= 0.3 is 0 Å². The number of nitrogens with one attached hydrogen (secondary N) is 2. The van der Waals surface area contributed by atoms with Crippen LogP contribution >= 0.6 is 24.0 Å². The lowest BCUT2D eigenvalue weighted by atomic mass is 9.74. The Morgan fingerprint density at radius 2 is 1.77 bits per heavy atom. The quantitative estimate of drug-likeness (QED) is 0.310. The molecule has 0 amide bonds. The fraction of sp³-hybridized carbons (Fsp3) is 0.435. The van der Waals surface area contributed by atoms with Gasteiger partial charge in [-0.1, -0.05) is 18.2 Å². The number of rotatable bonds is 7. The van der Waals surface area contributed by atoms with Crippen molar-refractivity contribution in [2.24, 2.45) is 4.99 Å². The van der Waals surface area contributed by atoms with Gasteiger partial charge in [0.05, 0.1) is 6.54 Å². The molecule has 0 radical (unpaired) electrons. The first-order valence-electron chi connectivity index (χ1n) is 10.2. The molecule has 2 N–H and O–H groups in total. The van der Waals surface area contributed by atoms with Gasteiger partial charge in [-0.05, 0) is 49.6 Å². The Morgan fingerprint density at radius 1 is 1.10 bits per heavy atom. The summed E-state index contributed by atoms with van der Waals surface area (Å²) < 4.78 is 38.4. The average molecular weight is 545 g/mol. The molecule has 0 aliphatic carbocycles. The Hall–Kier alpha value is -1.94. The van der Waals surface area contributed by atoms with Crippen LogP contribution in [0.4, 0.5) is 8.78 Å². The fourth-order valence-electron chi connectivity index (χ4n) is 3.68. The molecule has 170 valence electrons. The van der Waals surface area contributed by atoms with Crippen molar-refractivity contribution in [3.05, 3.63) is 65.7 Å². The Labute approximate surface area is 199 Å². The number of ether oxygens (including phenoxy) is 2. The predicted molar refractivity (Wildman–Crippen MR) is 129 cm³/mol. The van der Waals surface area contributed by atoms with Crippen LogP contribution in [-0.4, -0.2) is 45.4 Å². The van der Waals surface area contributed by atoms with Gasteiger partial charge in [0.15, 0.2) is 5.96 Å². The van der Waals surface area contributed by atoms with E-state index in [0.29, 0.717) is 38.0 Å². The van der Waals surface area contributed by atoms with Crippen LogP contribution in [0.1, 0.15) is 25.3 Å². The van der Waals surface area contributed by atoms with Crippen LogP contribution in [0.2, 0.25) is 0 Å². The maximum Gasteiger partial charge on any atom is 0.191 e. The zero-order valence-corrected chi connectivity index (χ0v) is 20.2. The van der Waals surface area contributed by atoms with Gasteiger partial charge in [0.2, 0.25) is 0 Å². The second-order valence-electron chi connectivity index (χ2n) is 7.60. The molecule has 2 aromatic rings. The fourth-order valence-corrected chi connectivity index (χ4v) is 3.68. The van der Waals surface area contributed by atoms with Gasteiger partial charge in [-0.15, -0.1) is 24.0 Å². The summed E-state index contributed by atoms with van der Waals surface area (Å²) in [6, 6.07) is 12.9. The minimum absolute atomic E-state index is 0. The standard InChI is InChI=1S/C23H29F2N3O2.HI/c1-17(30-21-8-4-7-20(25)14-21)15-27-22(26-2)28-16-23(9-11-29-12-10-23)18-5-3-6-19(24)13-18;/h3-8,13-14,17H,9-12,15-16H2,1-2H3,(H2,26,27,28);1H. The highest BCUT2D eigenvalue weighted by atomic mass is 127. The molecular formula is C23H30F2IN3O2. The summed E-state index contributed by atoms with van der Waals surface area (Å²) in [6.45, 7) is 4.29. The van der Waals surface area contributed by atoms with E-state index in [-0.39, 0.29) is 47.1 Å². The van der Waals surface area contributed by atoms with Gasteiger partial charge in [0.1, 0.15) is 23.5 Å². The minimum Gasteiger partial charge on any atom is -0.489 e. The lowest BCUT2D eigenvalue weighted by Crippen LogP contribution is -2.49. The first kappa shape index (κ1) is 25.3. The molecule has 1 saturated heterocycles. The van der Waals surface area contributed by atoms with Crippen molar-refractivity contribution in [2.45, 2.75) is 31.3 Å². The van der Waals surface area contributed by atoms with Gasteiger partial charge in [-0.3, -0.25) is 4.99 Å². The van der Waals surface area contributed by atoms with Gasteiger partial charge in [0, 0.05) is 38.3 Å². The second-order valence-corrected chi connectivity index (χ2v) is 7.60. The highest BCUT2D eigenvalue weighted by Crippen LogP contribution is 2.34. The molecule has 0 bridgehead atoms. The predicted octanol–water partition coefficient (Wildman–Crippen LogP) is 4.26. The topological polar surface area (TPSA) is 54.9 Å². The lowest BCUT2D eigenvalue weighted by molar-refractivity contribution is 0.0512. The highest BCUT2D eigenvalue weighted by molar-refractivity contribution is 14.0. The number of nitrogens with zero attached hydrogens (tertiary/aromatic N) is 1. The van der Waals surface area contributed by atoms with E-state index in [9.17, 15) is 8.78 Å². The highest BCUT2D eigenvalue weighted by Gasteiger charge is 2.35. The van der Waals surface area contributed by atoms with Gasteiger partial charge in [-0.25, -0.2) is 8.78 Å². The molecule has 0 spiro atoms. The monoisotopic (exact) mass is 545 g/mol. The summed E-state index contributed by atoms with van der Waals surface area (Å²) in [5.74, 6) is 0.555. The number of benzene rings is 2. The van der Waals surface area contributed by atoms with Crippen LogP contribution in [0.5, 0.6) is 5.75 Å². The number of aliphatic imine (C=N–C) groups is 1. The zero-order valence-electron chi connectivity index (χ0n) is 17.9. The van der Waals surface area contributed by atoms with Crippen molar-refractivity contribution < 1.29 is 18.3 Å². The Kier molecular flexibility index (Phi) is 9.95. The molecule has 1 aliphatic rings. The molecular weight excluding hydrogens is 515 g/mol. The Morgan fingerprint density at radius 3 is 2.42 bits per heavy atom. The van der Waals surface area contributed by atoms with E-state index in [4.69, 9.17) is 9.47 Å². The largest absolute Gasteiger partial charge is 0.489 e. The zero-order chi connectivity index (χ0) is 21.4. The molecule has 0 aromatic heterocycles. The summed E-state index contributed by atoms with van der Waals surface area (Å²) >= 11 is 0. The molecule has 0 saturated carbocycles. The molecule has 8 heteroatoms. The summed E-state index contributed by atoms with van der Waals surface area (Å²) in [4.78, 5) is 4.28. The van der Waals surface area contributed by atoms with Crippen molar-refractivity contribution in [3.63, 3.8) is 0 Å². The first-order chi connectivity index (χ1) is 14.5. The molecule has 1 aliphatic heterocycles. The van der Waals surface area contributed by atoms with E-state index in [0.717, 1.165) is 18.4 Å². The molecule has 31 heavy (non-hydrogen) atoms. The minimum atomic E-state index is -0.329. The molecule has 3 rings (SSSR count). The number of guanidine groups is 1. The van der Waals surface area contributed by atoms with Crippen molar-refractivity contribution in [1.29, 1.82) is 0 Å². The van der Waals surface area contributed by atoms with Crippen LogP contribution in [-0.2, 0) is 10.2 Å². The summed E-state index contributed by atoms with van der Waals surface area (Å²) in [7, 11) is 1.70. The van der Waals surface area contributed by atoms with E-state index in [1.807, 2.05) is 13.0 Å². The second kappa shape index (κ2) is 12.2. The molecule has 1 atom stereocenters. The van der Waals surface area contributed by atoms with Crippen molar-refractivity contribution >= 4 is 29.9 Å². The smallest absolute Gasteiger partial charge is 0.191 e. The summed E-state index contributed by atoms with van der Waals surface area (Å²) in [5, 5.41) is 6.61. The van der Waals surface area contributed by atoms with E-state index < -0.39 is 0 Å². The first-order valence-corrected chi connectivity index (χ1v) is 10.2. The van der Waals surface area contributed by atoms with E-state index in [1.165, 1.54) is 18.2 Å². The summed E-state index contributed by atoms with van der Waals surface area (Å²) in [5.41, 5.74) is 0.748. The maximum atomic E-state index is 13.8. The molecule has 1 unspecified atom stereocenters. The lowest BCUT2D eigenvalue weighted by Gasteiger charge is -2.38. The van der Waals surface area contributed by atoms with Crippen molar-refractivity contribution in [2.75, 3.05) is 33.4 Å². The van der Waals surface area contributed by atoms with Crippen LogP contribution in [0.15, 0.2) is 53.5 Å². The van der Waals surface area contributed by atoms with E-state index in [2.05, 4.69) is 15.6 Å². The SMILES string of the molecule is CN=C(NCC(C)Oc1cccc(F)c1)NCC1(c2cccc(F)c2)CCOCC1.I. The third kappa shape index (κ3) is 7.31. The number of halogens is 3. The number of hydrogen-bond donors (Lipinski definition) is 2. The van der Waals surface area contributed by atoms with Crippen LogP contribution in [0.25, 0.3) is 0 Å². The van der Waals surface area contributed by atoms with E-state index in [1.54, 1.807) is 31.3 Å². The average Bonchev–Trinajstić information content (AvgIpc) is 2.74. The molecule has 2 aromatic carbocycles. The third-order valence-electron chi connectivity index (χ3n) is 5.40. The summed E-state index contributed by atoms with van der Waals surface area (Å²) in [6.07, 6.45) is 1.42. The Bertz CT molecular complexity index is 860. The van der Waals surface area contributed by atoms with Gasteiger partial charge in [-0.2, -0.15) is 0 Å². The van der Waals surface area contributed by atoms with E-state index >= 15 is 0 Å². The van der Waals surface area contributed by atoms with Crippen molar-refractivity contribution in [1.82, 2.24) is 10.6 Å². The van der Waals surface area contributed by atoms with Gasteiger partial charge < -0.3 is 20.1 Å². The normalized spacial score (nSPS) is 16.7. The third-order valence-corrected chi connectivity index (χ3v) is 5.40. The molecule has 1 fully saturated rings. The number of hydrogen-bond acceptors (Lipinski definition) is 3. The molecule has 1 heterocycles. The van der Waals surface area contributed by atoms with Gasteiger partial charge in [0.25, 0.3) is 0 Å². The maximum absolute atomic E-state index is 13.8. The Balaban J connectivity index is 0.00000341. The van der Waals surface area contributed by atoms with Crippen LogP contribution in [0, 0.1) is 11.6 Å².